The highest BCUT2D eigenvalue weighted by Crippen LogP contribution is 2.33. The van der Waals surface area contributed by atoms with E-state index >= 15 is 0 Å². The molecule has 3 aromatic rings. The monoisotopic (exact) mass is 508 g/mol. The fourth-order valence-corrected chi connectivity index (χ4v) is 3.89. The molecule has 37 heavy (non-hydrogen) atoms. The lowest BCUT2D eigenvalue weighted by Gasteiger charge is -2.31. The first-order chi connectivity index (χ1) is 17.8. The van der Waals surface area contributed by atoms with Crippen molar-refractivity contribution < 1.29 is 19.1 Å². The Hall–Kier alpha value is -3.95. The predicted octanol–water partition coefficient (Wildman–Crippen LogP) is 3.64. The van der Waals surface area contributed by atoms with Gasteiger partial charge < -0.3 is 14.8 Å². The van der Waals surface area contributed by atoms with Gasteiger partial charge in [0.2, 0.25) is 11.7 Å². The maximum Gasteiger partial charge on any atom is 0.251 e. The van der Waals surface area contributed by atoms with Crippen LogP contribution in [0.4, 0.5) is 5.69 Å². The molecule has 0 aliphatic carbocycles. The number of nitrogens with one attached hydrogen (secondary N) is 1. The molecular formula is C27H36N6O4. The van der Waals surface area contributed by atoms with Crippen LogP contribution in [0.3, 0.4) is 0 Å². The summed E-state index contributed by atoms with van der Waals surface area (Å²) >= 11 is 0. The summed E-state index contributed by atoms with van der Waals surface area (Å²) < 4.78 is 10.8. The van der Waals surface area contributed by atoms with E-state index in [0.29, 0.717) is 41.9 Å². The Kier molecular flexibility index (Phi) is 9.59. The second kappa shape index (κ2) is 12.8. The summed E-state index contributed by atoms with van der Waals surface area (Å²) in [6, 6.07) is 12.1. The molecule has 0 saturated carbocycles. The van der Waals surface area contributed by atoms with Gasteiger partial charge >= 0.3 is 0 Å². The SMILES string of the molecule is CC[C@@H](C(=O)NCCC(C)C)N(C(=O)Cn1nnc(-c2ccc(C)cc2)n1)c1ccc(OC)c(OC)c1. The van der Waals surface area contributed by atoms with E-state index in [9.17, 15) is 9.59 Å². The van der Waals surface area contributed by atoms with Gasteiger partial charge in [-0.25, -0.2) is 0 Å². The first kappa shape index (κ1) is 27.6. The average Bonchev–Trinajstić information content (AvgIpc) is 3.35. The zero-order chi connectivity index (χ0) is 26.9. The van der Waals surface area contributed by atoms with Crippen molar-refractivity contribution >= 4 is 17.5 Å². The summed E-state index contributed by atoms with van der Waals surface area (Å²) in [6.45, 7) is 8.40. The zero-order valence-electron chi connectivity index (χ0n) is 22.4. The number of amides is 2. The standard InChI is InChI=1S/C27H36N6O4/c1-7-22(27(35)28-15-14-18(2)3)33(21-12-13-23(36-5)24(16-21)37-6)25(34)17-32-30-26(29-31-32)20-10-8-19(4)9-11-20/h8-13,16,18,22H,7,14-15,17H2,1-6H3,(H,28,35)/t22-/m0/s1. The molecule has 2 amide bonds. The third kappa shape index (κ3) is 7.05. The number of aromatic nitrogens is 4. The van der Waals surface area contributed by atoms with Crippen LogP contribution in [-0.4, -0.2) is 58.8 Å². The Labute approximate surface area is 217 Å². The maximum absolute atomic E-state index is 13.7. The maximum atomic E-state index is 13.7. The quantitative estimate of drug-likeness (QED) is 0.398. The van der Waals surface area contributed by atoms with Crippen molar-refractivity contribution in [3.63, 3.8) is 0 Å². The number of ether oxygens (including phenoxy) is 2. The predicted molar refractivity (Wildman–Crippen MR) is 142 cm³/mol. The van der Waals surface area contributed by atoms with Crippen LogP contribution < -0.4 is 19.7 Å². The van der Waals surface area contributed by atoms with Gasteiger partial charge in [0.15, 0.2) is 11.5 Å². The molecule has 10 heteroatoms. The van der Waals surface area contributed by atoms with E-state index < -0.39 is 6.04 Å². The first-order valence-electron chi connectivity index (χ1n) is 12.4. The largest absolute Gasteiger partial charge is 0.493 e. The van der Waals surface area contributed by atoms with Gasteiger partial charge in [-0.3, -0.25) is 14.5 Å². The second-order valence-electron chi connectivity index (χ2n) is 9.21. The molecule has 1 N–H and O–H groups in total. The molecule has 0 fully saturated rings. The molecule has 0 aliphatic heterocycles. The Morgan fingerprint density at radius 3 is 2.38 bits per heavy atom. The Morgan fingerprint density at radius 2 is 1.76 bits per heavy atom. The molecule has 1 atom stereocenters. The van der Waals surface area contributed by atoms with Crippen LogP contribution >= 0.6 is 0 Å². The Balaban J connectivity index is 1.91. The van der Waals surface area contributed by atoms with Gasteiger partial charge in [0, 0.05) is 23.9 Å². The first-order valence-corrected chi connectivity index (χ1v) is 12.4. The number of hydrogen-bond donors (Lipinski definition) is 1. The number of hydrogen-bond acceptors (Lipinski definition) is 7. The van der Waals surface area contributed by atoms with E-state index in [2.05, 4.69) is 34.6 Å². The Morgan fingerprint density at radius 1 is 1.05 bits per heavy atom. The van der Waals surface area contributed by atoms with Gasteiger partial charge in [-0.2, -0.15) is 4.80 Å². The van der Waals surface area contributed by atoms with Gasteiger partial charge in [0.1, 0.15) is 12.6 Å². The molecule has 0 aliphatic rings. The summed E-state index contributed by atoms with van der Waals surface area (Å²) in [5.74, 6) is 1.26. The van der Waals surface area contributed by atoms with Crippen molar-refractivity contribution in [2.45, 2.75) is 53.1 Å². The van der Waals surface area contributed by atoms with E-state index in [1.807, 2.05) is 38.1 Å². The highest BCUT2D eigenvalue weighted by atomic mass is 16.5. The van der Waals surface area contributed by atoms with Crippen molar-refractivity contribution in [3.05, 3.63) is 48.0 Å². The van der Waals surface area contributed by atoms with Gasteiger partial charge in [-0.1, -0.05) is 50.6 Å². The van der Waals surface area contributed by atoms with E-state index in [1.165, 1.54) is 16.8 Å². The molecule has 0 bridgehead atoms. The van der Waals surface area contributed by atoms with E-state index in [1.54, 1.807) is 25.3 Å². The van der Waals surface area contributed by atoms with Gasteiger partial charge in [0.25, 0.3) is 5.91 Å². The molecule has 2 aromatic carbocycles. The van der Waals surface area contributed by atoms with Gasteiger partial charge in [0.05, 0.1) is 14.2 Å². The number of methoxy groups -OCH3 is 2. The fourth-order valence-electron chi connectivity index (χ4n) is 3.89. The normalized spacial score (nSPS) is 11.8. The summed E-state index contributed by atoms with van der Waals surface area (Å²) in [6.07, 6.45) is 1.25. The number of anilines is 1. The number of benzene rings is 2. The third-order valence-electron chi connectivity index (χ3n) is 5.98. The van der Waals surface area contributed by atoms with Gasteiger partial charge in [-0.05, 0) is 43.0 Å². The van der Waals surface area contributed by atoms with Crippen LogP contribution in [0, 0.1) is 12.8 Å². The highest BCUT2D eigenvalue weighted by molar-refractivity contribution is 6.00. The molecule has 0 saturated heterocycles. The molecule has 0 radical (unpaired) electrons. The second-order valence-corrected chi connectivity index (χ2v) is 9.21. The summed E-state index contributed by atoms with van der Waals surface area (Å²) in [4.78, 5) is 29.6. The van der Waals surface area contributed by atoms with Crippen molar-refractivity contribution in [2.24, 2.45) is 5.92 Å². The lowest BCUT2D eigenvalue weighted by atomic mass is 10.1. The molecule has 0 unspecified atom stereocenters. The molecule has 1 heterocycles. The summed E-state index contributed by atoms with van der Waals surface area (Å²) in [7, 11) is 3.06. The molecule has 0 spiro atoms. The highest BCUT2D eigenvalue weighted by Gasteiger charge is 2.31. The van der Waals surface area contributed by atoms with Crippen molar-refractivity contribution in [3.8, 4) is 22.9 Å². The molecule has 198 valence electrons. The van der Waals surface area contributed by atoms with Crippen molar-refractivity contribution in [2.75, 3.05) is 25.7 Å². The zero-order valence-corrected chi connectivity index (χ0v) is 22.4. The third-order valence-corrected chi connectivity index (χ3v) is 5.98. The number of aryl methyl sites for hydroxylation is 1. The lowest BCUT2D eigenvalue weighted by molar-refractivity contribution is -0.127. The van der Waals surface area contributed by atoms with Crippen LogP contribution in [0.15, 0.2) is 42.5 Å². The summed E-state index contributed by atoms with van der Waals surface area (Å²) in [5, 5.41) is 15.5. The van der Waals surface area contributed by atoms with Crippen LogP contribution in [0.5, 0.6) is 11.5 Å². The number of rotatable bonds is 12. The van der Waals surface area contributed by atoms with Crippen LogP contribution in [0.1, 0.15) is 39.2 Å². The molecular weight excluding hydrogens is 472 g/mol. The fraction of sp³-hybridized carbons (Fsp3) is 0.444. The molecule has 1 aromatic heterocycles. The van der Waals surface area contributed by atoms with Crippen LogP contribution in [0.2, 0.25) is 0 Å². The summed E-state index contributed by atoms with van der Waals surface area (Å²) in [5.41, 5.74) is 2.43. The number of nitrogens with zero attached hydrogens (tertiary/aromatic N) is 5. The Bertz CT molecular complexity index is 1190. The van der Waals surface area contributed by atoms with Crippen molar-refractivity contribution in [1.29, 1.82) is 0 Å². The van der Waals surface area contributed by atoms with Crippen LogP contribution in [-0.2, 0) is 16.1 Å². The average molecular weight is 509 g/mol. The van der Waals surface area contributed by atoms with E-state index in [-0.39, 0.29) is 18.4 Å². The minimum atomic E-state index is -0.738. The molecule has 3 rings (SSSR count). The number of tetrazole rings is 1. The number of carbonyl (C=O) groups excluding carboxylic acids is 2. The molecule has 10 nitrogen and oxygen atoms in total. The van der Waals surface area contributed by atoms with Crippen LogP contribution in [0.25, 0.3) is 11.4 Å². The van der Waals surface area contributed by atoms with Crippen molar-refractivity contribution in [1.82, 2.24) is 25.5 Å². The topological polar surface area (TPSA) is 111 Å². The van der Waals surface area contributed by atoms with E-state index in [0.717, 1.165) is 17.5 Å². The smallest absolute Gasteiger partial charge is 0.251 e. The lowest BCUT2D eigenvalue weighted by Crippen LogP contribution is -2.51. The van der Waals surface area contributed by atoms with E-state index in [4.69, 9.17) is 9.47 Å². The minimum absolute atomic E-state index is 0.191. The number of carbonyl (C=O) groups is 2. The minimum Gasteiger partial charge on any atom is -0.493 e. The van der Waals surface area contributed by atoms with Gasteiger partial charge in [-0.15, -0.1) is 10.2 Å².